The van der Waals surface area contributed by atoms with Gasteiger partial charge in [0.05, 0.1) is 6.10 Å². The molecule has 90 valence electrons. The Morgan fingerprint density at radius 3 is 2.56 bits per heavy atom. The van der Waals surface area contributed by atoms with Crippen molar-refractivity contribution in [3.8, 4) is 0 Å². The third-order valence-corrected chi connectivity index (χ3v) is 3.02. The average molecular weight is 243 g/mol. The highest BCUT2D eigenvalue weighted by Gasteiger charge is 2.19. The molecular formula is C13H19ClO2. The molecule has 0 spiro atoms. The monoisotopic (exact) mass is 242 g/mol. The van der Waals surface area contributed by atoms with Gasteiger partial charge in [0.2, 0.25) is 0 Å². The number of hydrogen-bond donors (Lipinski definition) is 2. The summed E-state index contributed by atoms with van der Waals surface area (Å²) in [5, 5.41) is 20.3. The largest absolute Gasteiger partial charge is 0.390 e. The summed E-state index contributed by atoms with van der Waals surface area (Å²) in [6, 6.07) is 5.46. The highest BCUT2D eigenvalue weighted by atomic mass is 35.5. The summed E-state index contributed by atoms with van der Waals surface area (Å²) >= 11 is 6.03. The molecule has 0 aliphatic rings. The van der Waals surface area contributed by atoms with Crippen LogP contribution in [0.25, 0.3) is 0 Å². The third kappa shape index (κ3) is 3.48. The van der Waals surface area contributed by atoms with E-state index in [1.165, 1.54) is 0 Å². The van der Waals surface area contributed by atoms with Crippen LogP contribution in [0.2, 0.25) is 5.02 Å². The first-order valence-electron chi connectivity index (χ1n) is 5.68. The second-order valence-corrected chi connectivity index (χ2v) is 4.59. The number of aliphatic hydroxyl groups is 2. The zero-order chi connectivity index (χ0) is 12.1. The van der Waals surface area contributed by atoms with Crippen LogP contribution in [0.5, 0.6) is 0 Å². The van der Waals surface area contributed by atoms with E-state index in [1.54, 1.807) is 12.1 Å². The van der Waals surface area contributed by atoms with Crippen molar-refractivity contribution in [2.75, 3.05) is 0 Å². The van der Waals surface area contributed by atoms with E-state index in [1.807, 2.05) is 13.0 Å². The van der Waals surface area contributed by atoms with Crippen LogP contribution in [0.3, 0.4) is 0 Å². The van der Waals surface area contributed by atoms with E-state index in [-0.39, 0.29) is 0 Å². The van der Waals surface area contributed by atoms with Crippen molar-refractivity contribution in [3.05, 3.63) is 34.3 Å². The first-order chi connectivity index (χ1) is 7.56. The number of hydrogen-bond acceptors (Lipinski definition) is 2. The van der Waals surface area contributed by atoms with E-state index in [0.29, 0.717) is 17.0 Å². The average Bonchev–Trinajstić information content (AvgIpc) is 2.25. The van der Waals surface area contributed by atoms with Crippen LogP contribution in [0.1, 0.15) is 43.4 Å². The molecular weight excluding hydrogens is 224 g/mol. The molecule has 1 rings (SSSR count). The fraction of sp³-hybridized carbons (Fsp3) is 0.538. The van der Waals surface area contributed by atoms with Crippen molar-refractivity contribution in [3.63, 3.8) is 0 Å². The lowest BCUT2D eigenvalue weighted by atomic mass is 9.99. The lowest BCUT2D eigenvalue weighted by Gasteiger charge is -2.19. The summed E-state index contributed by atoms with van der Waals surface area (Å²) in [5.74, 6) is 0. The fourth-order valence-corrected chi connectivity index (χ4v) is 2.00. The zero-order valence-electron chi connectivity index (χ0n) is 9.78. The van der Waals surface area contributed by atoms with E-state index >= 15 is 0 Å². The van der Waals surface area contributed by atoms with Crippen molar-refractivity contribution in [1.29, 1.82) is 0 Å². The Bertz CT molecular complexity index is 339. The number of benzene rings is 1. The molecule has 0 amide bonds. The molecule has 0 fully saturated rings. The number of unbranched alkanes of at least 4 members (excludes halogenated alkanes) is 1. The highest BCUT2D eigenvalue weighted by molar-refractivity contribution is 6.31. The summed E-state index contributed by atoms with van der Waals surface area (Å²) in [6.45, 7) is 3.99. The molecule has 3 heteroatoms. The van der Waals surface area contributed by atoms with Crippen LogP contribution >= 0.6 is 11.6 Å². The van der Waals surface area contributed by atoms with Crippen LogP contribution in [0.4, 0.5) is 0 Å². The topological polar surface area (TPSA) is 40.5 Å². The maximum atomic E-state index is 9.95. The van der Waals surface area contributed by atoms with Gasteiger partial charge in [-0.05, 0) is 25.0 Å². The quantitative estimate of drug-likeness (QED) is 0.832. The Morgan fingerprint density at radius 2 is 2.00 bits per heavy atom. The van der Waals surface area contributed by atoms with Gasteiger partial charge in [0.25, 0.3) is 0 Å². The lowest BCUT2D eigenvalue weighted by molar-refractivity contribution is 0.0123. The van der Waals surface area contributed by atoms with E-state index in [4.69, 9.17) is 11.6 Å². The van der Waals surface area contributed by atoms with Gasteiger partial charge in [-0.1, -0.05) is 43.5 Å². The van der Waals surface area contributed by atoms with Crippen molar-refractivity contribution in [2.45, 2.75) is 45.3 Å². The molecule has 2 N–H and O–H groups in total. The molecule has 2 atom stereocenters. The van der Waals surface area contributed by atoms with Crippen LogP contribution in [-0.2, 0) is 0 Å². The molecule has 0 heterocycles. The third-order valence-electron chi connectivity index (χ3n) is 2.69. The lowest BCUT2D eigenvalue weighted by Crippen LogP contribution is -2.18. The summed E-state index contributed by atoms with van der Waals surface area (Å²) < 4.78 is 0. The Morgan fingerprint density at radius 1 is 1.31 bits per heavy atom. The second-order valence-electron chi connectivity index (χ2n) is 4.18. The van der Waals surface area contributed by atoms with Gasteiger partial charge in [-0.15, -0.1) is 0 Å². The van der Waals surface area contributed by atoms with E-state index in [2.05, 4.69) is 6.92 Å². The van der Waals surface area contributed by atoms with Crippen molar-refractivity contribution in [1.82, 2.24) is 0 Å². The Kier molecular flexibility index (Phi) is 5.26. The fourth-order valence-electron chi connectivity index (χ4n) is 1.65. The van der Waals surface area contributed by atoms with Gasteiger partial charge >= 0.3 is 0 Å². The van der Waals surface area contributed by atoms with E-state index in [0.717, 1.165) is 18.4 Å². The predicted octanol–water partition coefficient (Wildman–Crippen LogP) is 3.23. The van der Waals surface area contributed by atoms with E-state index in [9.17, 15) is 10.2 Å². The van der Waals surface area contributed by atoms with Crippen molar-refractivity contribution < 1.29 is 10.2 Å². The summed E-state index contributed by atoms with van der Waals surface area (Å²) in [4.78, 5) is 0. The van der Waals surface area contributed by atoms with Crippen LogP contribution in [0.15, 0.2) is 18.2 Å². The van der Waals surface area contributed by atoms with Crippen molar-refractivity contribution in [2.24, 2.45) is 0 Å². The van der Waals surface area contributed by atoms with Gasteiger partial charge in [-0.2, -0.15) is 0 Å². The molecule has 2 unspecified atom stereocenters. The van der Waals surface area contributed by atoms with Gasteiger partial charge < -0.3 is 10.2 Å². The summed E-state index contributed by atoms with van der Waals surface area (Å²) in [7, 11) is 0. The van der Waals surface area contributed by atoms with Gasteiger partial charge in [-0.25, -0.2) is 0 Å². The zero-order valence-corrected chi connectivity index (χ0v) is 10.5. The molecule has 1 aromatic carbocycles. The minimum absolute atomic E-state index is 0.517. The van der Waals surface area contributed by atoms with E-state index < -0.39 is 12.2 Å². The molecule has 0 aliphatic carbocycles. The van der Waals surface area contributed by atoms with Crippen LogP contribution < -0.4 is 0 Å². The molecule has 0 radical (unpaired) electrons. The SMILES string of the molecule is CCCCC(O)C(O)c1ccc(C)cc1Cl. The molecule has 0 aromatic heterocycles. The first-order valence-corrected chi connectivity index (χ1v) is 6.06. The molecule has 0 saturated carbocycles. The molecule has 0 aliphatic heterocycles. The van der Waals surface area contributed by atoms with Gasteiger partial charge in [0, 0.05) is 10.6 Å². The van der Waals surface area contributed by atoms with Gasteiger partial charge in [-0.3, -0.25) is 0 Å². The first kappa shape index (κ1) is 13.5. The summed E-state index contributed by atoms with van der Waals surface area (Å²) in [5.41, 5.74) is 1.65. The molecule has 0 saturated heterocycles. The Hall–Kier alpha value is -0.570. The smallest absolute Gasteiger partial charge is 0.106 e. The number of aliphatic hydroxyl groups excluding tert-OH is 2. The second kappa shape index (κ2) is 6.24. The molecule has 2 nitrogen and oxygen atoms in total. The van der Waals surface area contributed by atoms with Crippen LogP contribution in [-0.4, -0.2) is 16.3 Å². The molecule has 1 aromatic rings. The summed E-state index contributed by atoms with van der Waals surface area (Å²) in [6.07, 6.45) is 0.884. The number of aryl methyl sites for hydroxylation is 1. The standard InChI is InChI=1S/C13H19ClO2/c1-3-4-5-12(15)13(16)10-7-6-9(2)8-11(10)14/h6-8,12-13,15-16H,3-5H2,1-2H3. The van der Waals surface area contributed by atoms with Gasteiger partial charge in [0.1, 0.15) is 6.10 Å². The molecule has 16 heavy (non-hydrogen) atoms. The van der Waals surface area contributed by atoms with Crippen LogP contribution in [0, 0.1) is 6.92 Å². The normalized spacial score (nSPS) is 14.8. The van der Waals surface area contributed by atoms with Gasteiger partial charge in [0.15, 0.2) is 0 Å². The number of halogens is 1. The maximum absolute atomic E-state index is 9.95. The Labute approximate surface area is 102 Å². The highest BCUT2D eigenvalue weighted by Crippen LogP contribution is 2.27. The predicted molar refractivity (Wildman–Crippen MR) is 66.7 cm³/mol. The Balaban J connectivity index is 2.75. The molecule has 0 bridgehead atoms. The van der Waals surface area contributed by atoms with Crippen molar-refractivity contribution >= 4 is 11.6 Å². The maximum Gasteiger partial charge on any atom is 0.106 e. The minimum atomic E-state index is -0.889. The number of rotatable bonds is 5. The minimum Gasteiger partial charge on any atom is -0.390 e.